The van der Waals surface area contributed by atoms with Crippen molar-refractivity contribution in [2.45, 2.75) is 6.61 Å². The first-order chi connectivity index (χ1) is 8.06. The molecular weight excluding hydrogens is 226 g/mol. The molecule has 0 saturated heterocycles. The number of rotatable bonds is 1. The van der Waals surface area contributed by atoms with E-state index in [1.54, 1.807) is 0 Å². The van der Waals surface area contributed by atoms with Crippen LogP contribution in [0.4, 0.5) is 0 Å². The molecule has 1 aromatic heterocycles. The molecular formula is C11H11NO5. The van der Waals surface area contributed by atoms with Crippen molar-refractivity contribution in [3.8, 4) is 0 Å². The molecule has 0 radical (unpaired) electrons. The molecule has 6 nitrogen and oxygen atoms in total. The van der Waals surface area contributed by atoms with E-state index in [4.69, 9.17) is 24.9 Å². The summed E-state index contributed by atoms with van der Waals surface area (Å²) in [6.07, 6.45) is 1.88. The molecule has 2 rings (SSSR count). The fourth-order valence-corrected chi connectivity index (χ4v) is 1.29. The average molecular weight is 237 g/mol. The summed E-state index contributed by atoms with van der Waals surface area (Å²) < 4.78 is 0. The van der Waals surface area contributed by atoms with Gasteiger partial charge in [0.15, 0.2) is 0 Å². The lowest BCUT2D eigenvalue weighted by molar-refractivity contribution is -0.159. The lowest BCUT2D eigenvalue weighted by Gasteiger charge is -1.96. The zero-order valence-electron chi connectivity index (χ0n) is 8.75. The molecule has 0 atom stereocenters. The van der Waals surface area contributed by atoms with Crippen LogP contribution < -0.4 is 0 Å². The van der Waals surface area contributed by atoms with E-state index >= 15 is 0 Å². The Morgan fingerprint density at radius 2 is 1.76 bits per heavy atom. The Kier molecular flexibility index (Phi) is 4.24. The number of hydrogen-bond acceptors (Lipinski definition) is 3. The van der Waals surface area contributed by atoms with Crippen LogP contribution in [0.15, 0.2) is 30.5 Å². The van der Waals surface area contributed by atoms with Gasteiger partial charge in [0.2, 0.25) is 0 Å². The van der Waals surface area contributed by atoms with Gasteiger partial charge in [-0.2, -0.15) is 0 Å². The number of carbonyl (C=O) groups is 2. The van der Waals surface area contributed by atoms with Crippen molar-refractivity contribution < 1.29 is 24.9 Å². The maximum Gasteiger partial charge on any atom is 0.414 e. The number of carboxylic acids is 2. The highest BCUT2D eigenvalue weighted by molar-refractivity contribution is 6.27. The maximum atomic E-state index is 9.10. The fraction of sp³-hybridized carbons (Fsp3) is 0.0909. The minimum Gasteiger partial charge on any atom is -0.473 e. The molecule has 90 valence electrons. The molecule has 1 aromatic carbocycles. The normalized spacial score (nSPS) is 9.47. The van der Waals surface area contributed by atoms with Gasteiger partial charge in [-0.25, -0.2) is 9.59 Å². The number of nitrogens with one attached hydrogen (secondary N) is 1. The van der Waals surface area contributed by atoms with Crippen LogP contribution in [-0.2, 0) is 16.2 Å². The van der Waals surface area contributed by atoms with Gasteiger partial charge in [-0.1, -0.05) is 12.1 Å². The quantitative estimate of drug-likeness (QED) is 0.549. The van der Waals surface area contributed by atoms with Crippen molar-refractivity contribution in [1.82, 2.24) is 4.98 Å². The topological polar surface area (TPSA) is 111 Å². The third-order valence-corrected chi connectivity index (χ3v) is 2.04. The number of fused-ring (bicyclic) bond motifs is 1. The Balaban J connectivity index is 0.000000209. The molecule has 1 heterocycles. The van der Waals surface area contributed by atoms with Gasteiger partial charge in [-0.15, -0.1) is 0 Å². The molecule has 0 amide bonds. The maximum absolute atomic E-state index is 9.10. The Bertz CT molecular complexity index is 519. The largest absolute Gasteiger partial charge is 0.473 e. The Morgan fingerprint density at radius 1 is 1.12 bits per heavy atom. The number of hydrogen-bond donors (Lipinski definition) is 4. The number of aliphatic hydroxyl groups is 1. The zero-order chi connectivity index (χ0) is 12.8. The summed E-state index contributed by atoms with van der Waals surface area (Å²) in [5, 5.41) is 24.8. The summed E-state index contributed by atoms with van der Waals surface area (Å²) in [7, 11) is 0. The highest BCUT2D eigenvalue weighted by Crippen LogP contribution is 2.16. The molecule has 0 spiro atoms. The third-order valence-electron chi connectivity index (χ3n) is 2.04. The van der Waals surface area contributed by atoms with Gasteiger partial charge in [-0.05, 0) is 17.7 Å². The van der Waals surface area contributed by atoms with Crippen molar-refractivity contribution in [3.05, 3.63) is 36.0 Å². The second-order valence-corrected chi connectivity index (χ2v) is 3.12. The van der Waals surface area contributed by atoms with Gasteiger partial charge in [0.05, 0.1) is 6.61 Å². The predicted molar refractivity (Wildman–Crippen MR) is 59.5 cm³/mol. The van der Waals surface area contributed by atoms with Crippen molar-refractivity contribution in [3.63, 3.8) is 0 Å². The van der Waals surface area contributed by atoms with Crippen molar-refractivity contribution in [2.24, 2.45) is 0 Å². The molecule has 4 N–H and O–H groups in total. The number of benzene rings is 1. The Hall–Kier alpha value is -2.34. The monoisotopic (exact) mass is 237 g/mol. The lowest BCUT2D eigenvalue weighted by Crippen LogP contribution is -2.09. The Labute approximate surface area is 96.1 Å². The van der Waals surface area contributed by atoms with Crippen molar-refractivity contribution >= 4 is 22.8 Å². The smallest absolute Gasteiger partial charge is 0.414 e. The molecule has 6 heteroatoms. The zero-order valence-corrected chi connectivity index (χ0v) is 8.75. The van der Waals surface area contributed by atoms with Gasteiger partial charge in [0.1, 0.15) is 0 Å². The van der Waals surface area contributed by atoms with E-state index in [0.29, 0.717) is 0 Å². The molecule has 0 saturated carbocycles. The second-order valence-electron chi connectivity index (χ2n) is 3.12. The molecule has 0 aliphatic heterocycles. The fourth-order valence-electron chi connectivity index (χ4n) is 1.29. The second kappa shape index (κ2) is 5.66. The van der Waals surface area contributed by atoms with E-state index < -0.39 is 11.9 Å². The van der Waals surface area contributed by atoms with Crippen LogP contribution in [0.2, 0.25) is 0 Å². The van der Waals surface area contributed by atoms with Crippen LogP contribution in [0.5, 0.6) is 0 Å². The summed E-state index contributed by atoms with van der Waals surface area (Å²) in [6.45, 7) is 0.106. The first-order valence-corrected chi connectivity index (χ1v) is 4.68. The van der Waals surface area contributed by atoms with Crippen LogP contribution in [0.3, 0.4) is 0 Å². The lowest BCUT2D eigenvalue weighted by atomic mass is 10.1. The number of aromatic amines is 1. The van der Waals surface area contributed by atoms with Crippen molar-refractivity contribution in [1.29, 1.82) is 0 Å². The summed E-state index contributed by atoms with van der Waals surface area (Å²) in [6, 6.07) is 7.83. The number of aliphatic carboxylic acids is 2. The summed E-state index contributed by atoms with van der Waals surface area (Å²) in [4.78, 5) is 21.3. The van der Waals surface area contributed by atoms with Gasteiger partial charge < -0.3 is 20.3 Å². The molecule has 0 aliphatic rings. The summed E-state index contributed by atoms with van der Waals surface area (Å²) in [5.41, 5.74) is 2.06. The first kappa shape index (κ1) is 12.7. The van der Waals surface area contributed by atoms with Gasteiger partial charge in [0.25, 0.3) is 0 Å². The van der Waals surface area contributed by atoms with Crippen LogP contribution >= 0.6 is 0 Å². The molecule has 17 heavy (non-hydrogen) atoms. The van der Waals surface area contributed by atoms with E-state index in [1.807, 2.05) is 30.5 Å². The minimum absolute atomic E-state index is 0.106. The van der Waals surface area contributed by atoms with E-state index in [2.05, 4.69) is 4.98 Å². The number of aliphatic hydroxyl groups excluding tert-OH is 1. The van der Waals surface area contributed by atoms with E-state index in [1.165, 1.54) is 0 Å². The molecule has 2 aromatic rings. The highest BCUT2D eigenvalue weighted by Gasteiger charge is 2.04. The van der Waals surface area contributed by atoms with Crippen molar-refractivity contribution in [2.75, 3.05) is 0 Å². The van der Waals surface area contributed by atoms with E-state index in [-0.39, 0.29) is 6.61 Å². The number of carboxylic acid groups (broad SMARTS) is 2. The average Bonchev–Trinajstić information content (AvgIpc) is 2.77. The van der Waals surface area contributed by atoms with Crippen LogP contribution in [-0.4, -0.2) is 32.2 Å². The van der Waals surface area contributed by atoms with Crippen LogP contribution in [0.1, 0.15) is 5.56 Å². The SMILES string of the molecule is O=C(O)C(=O)O.OCc1cccc2[nH]ccc12. The molecule has 0 aliphatic carbocycles. The standard InChI is InChI=1S/C9H9NO.C2H2O4/c11-6-7-2-1-3-9-8(7)4-5-10-9;3-1(4)2(5)6/h1-5,10-11H,6H2;(H,3,4)(H,5,6). The van der Waals surface area contributed by atoms with Crippen LogP contribution in [0, 0.1) is 0 Å². The number of aromatic nitrogens is 1. The van der Waals surface area contributed by atoms with Crippen LogP contribution in [0.25, 0.3) is 10.9 Å². The molecule has 0 unspecified atom stereocenters. The summed E-state index contributed by atoms with van der Waals surface area (Å²) in [5.74, 6) is -3.65. The first-order valence-electron chi connectivity index (χ1n) is 4.68. The van der Waals surface area contributed by atoms with Gasteiger partial charge >= 0.3 is 11.9 Å². The highest BCUT2D eigenvalue weighted by atomic mass is 16.4. The number of H-pyrrole nitrogens is 1. The third kappa shape index (κ3) is 3.32. The van der Waals surface area contributed by atoms with Gasteiger partial charge in [-0.3, -0.25) is 0 Å². The van der Waals surface area contributed by atoms with E-state index in [0.717, 1.165) is 16.5 Å². The predicted octanol–water partition coefficient (Wildman–Crippen LogP) is 0.816. The van der Waals surface area contributed by atoms with E-state index in [9.17, 15) is 0 Å². The molecule has 0 bridgehead atoms. The Morgan fingerprint density at radius 3 is 2.29 bits per heavy atom. The summed E-state index contributed by atoms with van der Waals surface area (Å²) >= 11 is 0. The molecule has 0 fully saturated rings. The minimum atomic E-state index is -1.82. The van der Waals surface area contributed by atoms with Gasteiger partial charge in [0, 0.05) is 17.1 Å².